The molecule has 0 bridgehead atoms. The van der Waals surface area contributed by atoms with Crippen LogP contribution in [0.1, 0.15) is 19.4 Å². The number of rotatable bonds is 7. The fourth-order valence-electron chi connectivity index (χ4n) is 1.83. The number of carbonyl (C=O) groups is 3. The van der Waals surface area contributed by atoms with Crippen molar-refractivity contribution in [1.29, 1.82) is 0 Å². The van der Waals surface area contributed by atoms with Gasteiger partial charge in [-0.2, -0.15) is 0 Å². The zero-order valence-electron chi connectivity index (χ0n) is 14.9. The number of methoxy groups -OCH3 is 1. The third-order valence-electron chi connectivity index (χ3n) is 3.08. The van der Waals surface area contributed by atoms with E-state index in [1.807, 2.05) is 12.2 Å². The summed E-state index contributed by atoms with van der Waals surface area (Å²) < 4.78 is 15.6. The van der Waals surface area contributed by atoms with Gasteiger partial charge in [0.2, 0.25) is 0 Å². The average molecular weight is 385 g/mol. The third kappa shape index (κ3) is 6.29. The zero-order chi connectivity index (χ0) is 19.7. The molecule has 0 unspecified atom stereocenters. The molecule has 3 amide bonds. The average Bonchev–Trinajstić information content (AvgIpc) is 2.61. The molecule has 0 saturated heterocycles. The summed E-state index contributed by atoms with van der Waals surface area (Å²) in [4.78, 5) is 34.5. The number of hydrogen-bond donors (Lipinski definition) is 2. The standard InChI is InChI=1S/C17H21ClN2O6/c1-5-25-15-12(18)8-11(9-13(15)24-4)6-7-14(21)26-10(2)16(22)20-17(23)19-3/h6-10H,5H2,1-4H3,(H2,19,20,22,23)/b7-6+/t10-/m0/s1. The predicted octanol–water partition coefficient (Wildman–Crippen LogP) is 2.15. The molecule has 8 nitrogen and oxygen atoms in total. The van der Waals surface area contributed by atoms with Gasteiger partial charge in [0.05, 0.1) is 18.7 Å². The fourth-order valence-corrected chi connectivity index (χ4v) is 2.10. The summed E-state index contributed by atoms with van der Waals surface area (Å²) in [6.45, 7) is 3.59. The van der Waals surface area contributed by atoms with Gasteiger partial charge in [-0.15, -0.1) is 0 Å². The number of amides is 3. The second-order valence-electron chi connectivity index (χ2n) is 4.95. The lowest BCUT2D eigenvalue weighted by Crippen LogP contribution is -2.43. The van der Waals surface area contributed by atoms with Crippen LogP contribution in [0.5, 0.6) is 11.5 Å². The van der Waals surface area contributed by atoms with E-state index in [4.69, 9.17) is 25.8 Å². The number of imide groups is 1. The van der Waals surface area contributed by atoms with Gasteiger partial charge in [0.1, 0.15) is 0 Å². The second-order valence-corrected chi connectivity index (χ2v) is 5.36. The molecule has 0 aliphatic rings. The number of halogens is 1. The van der Waals surface area contributed by atoms with Crippen LogP contribution in [0.15, 0.2) is 18.2 Å². The molecule has 0 heterocycles. The van der Waals surface area contributed by atoms with E-state index in [2.05, 4.69) is 5.32 Å². The lowest BCUT2D eigenvalue weighted by molar-refractivity contribution is -0.149. The Morgan fingerprint density at radius 2 is 2.00 bits per heavy atom. The first-order chi connectivity index (χ1) is 12.3. The van der Waals surface area contributed by atoms with Crippen LogP contribution in [-0.2, 0) is 14.3 Å². The predicted molar refractivity (Wildman–Crippen MR) is 96.4 cm³/mol. The van der Waals surface area contributed by atoms with E-state index < -0.39 is 24.0 Å². The zero-order valence-corrected chi connectivity index (χ0v) is 15.7. The van der Waals surface area contributed by atoms with Crippen LogP contribution in [0.4, 0.5) is 4.79 Å². The van der Waals surface area contributed by atoms with E-state index in [0.717, 1.165) is 6.08 Å². The SMILES string of the molecule is CCOc1c(Cl)cc(/C=C/C(=O)O[C@@H](C)C(=O)NC(=O)NC)cc1OC. The maximum Gasteiger partial charge on any atom is 0.331 e. The molecule has 1 aromatic rings. The molecule has 0 radical (unpaired) electrons. The summed E-state index contributed by atoms with van der Waals surface area (Å²) >= 11 is 6.15. The van der Waals surface area contributed by atoms with Crippen LogP contribution in [-0.4, -0.2) is 44.8 Å². The fraction of sp³-hybridized carbons (Fsp3) is 0.353. The molecule has 1 rings (SSSR count). The van der Waals surface area contributed by atoms with Crippen LogP contribution in [0.25, 0.3) is 6.08 Å². The van der Waals surface area contributed by atoms with Crippen LogP contribution in [0.3, 0.4) is 0 Å². The molecular weight excluding hydrogens is 364 g/mol. The van der Waals surface area contributed by atoms with E-state index >= 15 is 0 Å². The van der Waals surface area contributed by atoms with Crippen LogP contribution in [0.2, 0.25) is 5.02 Å². The Morgan fingerprint density at radius 1 is 1.31 bits per heavy atom. The molecule has 2 N–H and O–H groups in total. The largest absolute Gasteiger partial charge is 0.493 e. The summed E-state index contributed by atoms with van der Waals surface area (Å²) in [5.41, 5.74) is 0.578. The number of esters is 1. The van der Waals surface area contributed by atoms with Crippen molar-refractivity contribution >= 4 is 35.6 Å². The smallest absolute Gasteiger partial charge is 0.331 e. The monoisotopic (exact) mass is 384 g/mol. The Morgan fingerprint density at radius 3 is 2.58 bits per heavy atom. The molecule has 0 fully saturated rings. The topological polar surface area (TPSA) is 103 Å². The van der Waals surface area contributed by atoms with Crippen LogP contribution in [0, 0.1) is 0 Å². The maximum atomic E-state index is 11.8. The van der Waals surface area contributed by atoms with Crippen molar-refractivity contribution < 1.29 is 28.6 Å². The van der Waals surface area contributed by atoms with Gasteiger partial charge in [0.15, 0.2) is 17.6 Å². The van der Waals surface area contributed by atoms with E-state index in [-0.39, 0.29) is 0 Å². The minimum atomic E-state index is -1.14. The maximum absolute atomic E-state index is 11.8. The van der Waals surface area contributed by atoms with Crippen molar-refractivity contribution in [3.63, 3.8) is 0 Å². The van der Waals surface area contributed by atoms with Gasteiger partial charge in [-0.25, -0.2) is 9.59 Å². The van der Waals surface area contributed by atoms with Crippen LogP contribution >= 0.6 is 11.6 Å². The molecule has 26 heavy (non-hydrogen) atoms. The molecule has 142 valence electrons. The minimum Gasteiger partial charge on any atom is -0.493 e. The highest BCUT2D eigenvalue weighted by molar-refractivity contribution is 6.32. The van der Waals surface area contributed by atoms with Crippen molar-refractivity contribution in [2.75, 3.05) is 20.8 Å². The molecule has 0 spiro atoms. The minimum absolute atomic E-state index is 0.331. The van der Waals surface area contributed by atoms with Crippen molar-refractivity contribution in [2.24, 2.45) is 0 Å². The van der Waals surface area contributed by atoms with Gasteiger partial charge in [-0.05, 0) is 37.6 Å². The number of hydrogen-bond acceptors (Lipinski definition) is 6. The summed E-state index contributed by atoms with van der Waals surface area (Å²) in [5.74, 6) is -0.660. The summed E-state index contributed by atoms with van der Waals surface area (Å²) in [7, 11) is 2.83. The number of urea groups is 1. The normalized spacial score (nSPS) is 11.6. The van der Waals surface area contributed by atoms with E-state index in [0.29, 0.717) is 28.7 Å². The number of ether oxygens (including phenoxy) is 3. The Balaban J connectivity index is 2.77. The molecule has 0 saturated carbocycles. The Bertz CT molecular complexity index is 705. The molecule has 0 aromatic heterocycles. The van der Waals surface area contributed by atoms with Gasteiger partial charge >= 0.3 is 12.0 Å². The summed E-state index contributed by atoms with van der Waals surface area (Å²) in [6.07, 6.45) is 1.45. The van der Waals surface area contributed by atoms with Gasteiger partial charge in [0, 0.05) is 13.1 Å². The van der Waals surface area contributed by atoms with Crippen molar-refractivity contribution in [3.05, 3.63) is 28.8 Å². The van der Waals surface area contributed by atoms with Crippen molar-refractivity contribution in [3.8, 4) is 11.5 Å². The summed E-state index contributed by atoms with van der Waals surface area (Å²) in [5, 5.41) is 4.56. The molecule has 9 heteroatoms. The first-order valence-corrected chi connectivity index (χ1v) is 8.11. The molecular formula is C17H21ClN2O6. The van der Waals surface area contributed by atoms with E-state index in [1.165, 1.54) is 27.2 Å². The van der Waals surface area contributed by atoms with Crippen molar-refractivity contribution in [1.82, 2.24) is 10.6 Å². The third-order valence-corrected chi connectivity index (χ3v) is 3.36. The number of nitrogens with one attached hydrogen (secondary N) is 2. The van der Waals surface area contributed by atoms with Gasteiger partial charge in [-0.3, -0.25) is 10.1 Å². The van der Waals surface area contributed by atoms with Gasteiger partial charge in [-0.1, -0.05) is 11.6 Å². The first-order valence-electron chi connectivity index (χ1n) is 7.73. The lowest BCUT2D eigenvalue weighted by Gasteiger charge is -2.12. The van der Waals surface area contributed by atoms with Crippen LogP contribution < -0.4 is 20.1 Å². The Hall–Kier alpha value is -2.74. The molecule has 1 aromatic carbocycles. The molecule has 1 atom stereocenters. The Labute approximate surface area is 156 Å². The van der Waals surface area contributed by atoms with E-state index in [1.54, 1.807) is 12.1 Å². The quantitative estimate of drug-likeness (QED) is 0.551. The first kappa shape index (κ1) is 21.3. The Kier molecular flexibility index (Phi) is 8.44. The molecule has 0 aliphatic heterocycles. The lowest BCUT2D eigenvalue weighted by atomic mass is 10.2. The highest BCUT2D eigenvalue weighted by Crippen LogP contribution is 2.36. The van der Waals surface area contributed by atoms with Crippen molar-refractivity contribution in [2.45, 2.75) is 20.0 Å². The second kappa shape index (κ2) is 10.3. The number of benzene rings is 1. The number of carbonyl (C=O) groups excluding carboxylic acids is 3. The molecule has 0 aliphatic carbocycles. The summed E-state index contributed by atoms with van der Waals surface area (Å²) in [6, 6.07) is 2.55. The van der Waals surface area contributed by atoms with E-state index in [9.17, 15) is 14.4 Å². The highest BCUT2D eigenvalue weighted by atomic mass is 35.5. The van der Waals surface area contributed by atoms with Gasteiger partial charge < -0.3 is 19.5 Å². The van der Waals surface area contributed by atoms with Gasteiger partial charge in [0.25, 0.3) is 5.91 Å². The highest BCUT2D eigenvalue weighted by Gasteiger charge is 2.18.